The summed E-state index contributed by atoms with van der Waals surface area (Å²) in [6.45, 7) is 4.99. The van der Waals surface area contributed by atoms with Crippen LogP contribution in [0.5, 0.6) is 0 Å². The average molecular weight is 364 g/mol. The number of carbonyl (C=O) groups excluding carboxylic acids is 2. The van der Waals surface area contributed by atoms with Gasteiger partial charge in [0.2, 0.25) is 5.91 Å². The van der Waals surface area contributed by atoms with Crippen molar-refractivity contribution in [1.82, 2.24) is 10.6 Å². The summed E-state index contributed by atoms with van der Waals surface area (Å²) in [5, 5.41) is 22.2. The number of thioether (sulfide) groups is 1. The Morgan fingerprint density at radius 1 is 1.08 bits per heavy atom. The van der Waals surface area contributed by atoms with Crippen molar-refractivity contribution in [3.63, 3.8) is 0 Å². The van der Waals surface area contributed by atoms with E-state index in [1.54, 1.807) is 20.8 Å². The molecule has 0 bridgehead atoms. The summed E-state index contributed by atoms with van der Waals surface area (Å²) in [7, 11) is 0. The molecule has 0 fully saturated rings. The summed E-state index contributed by atoms with van der Waals surface area (Å²) in [6.07, 6.45) is 0.482. The number of alkyl carbamates (subject to hydrolysis) is 1. The van der Waals surface area contributed by atoms with Crippen molar-refractivity contribution in [1.29, 1.82) is 0 Å². The van der Waals surface area contributed by atoms with Gasteiger partial charge in [-0.2, -0.15) is 11.8 Å². The second-order valence-electron chi connectivity index (χ2n) is 5.98. The molecule has 0 aromatic heterocycles. The zero-order valence-corrected chi connectivity index (χ0v) is 14.9. The Balaban J connectivity index is 4.94. The van der Waals surface area contributed by atoms with Crippen molar-refractivity contribution in [3.05, 3.63) is 0 Å². The van der Waals surface area contributed by atoms with Gasteiger partial charge in [-0.25, -0.2) is 9.59 Å². The number of aliphatic carboxylic acids is 2. The highest BCUT2D eigenvalue weighted by atomic mass is 32.2. The third kappa shape index (κ3) is 9.93. The third-order valence-corrected chi connectivity index (χ3v) is 3.26. The molecule has 10 heteroatoms. The van der Waals surface area contributed by atoms with Crippen LogP contribution in [0.4, 0.5) is 4.79 Å². The summed E-state index contributed by atoms with van der Waals surface area (Å²) in [5.74, 6) is -3.07. The summed E-state index contributed by atoms with van der Waals surface area (Å²) in [4.78, 5) is 45.7. The highest BCUT2D eigenvalue weighted by Gasteiger charge is 2.29. The van der Waals surface area contributed by atoms with Crippen molar-refractivity contribution in [2.24, 2.45) is 0 Å². The van der Waals surface area contributed by atoms with E-state index in [4.69, 9.17) is 14.9 Å². The predicted octanol–water partition coefficient (Wildman–Crippen LogP) is 0.677. The number of ether oxygens (including phenoxy) is 1. The highest BCUT2D eigenvalue weighted by Crippen LogP contribution is 2.08. The van der Waals surface area contributed by atoms with Crippen LogP contribution in [0.25, 0.3) is 0 Å². The van der Waals surface area contributed by atoms with Crippen molar-refractivity contribution in [2.75, 3.05) is 12.0 Å². The minimum Gasteiger partial charge on any atom is -0.481 e. The topological polar surface area (TPSA) is 142 Å². The van der Waals surface area contributed by atoms with E-state index in [1.165, 1.54) is 11.8 Å². The zero-order chi connectivity index (χ0) is 18.9. The maximum absolute atomic E-state index is 12.2. The third-order valence-electron chi connectivity index (χ3n) is 2.61. The van der Waals surface area contributed by atoms with E-state index in [9.17, 15) is 19.2 Å². The fourth-order valence-electron chi connectivity index (χ4n) is 1.60. The molecule has 0 radical (unpaired) electrons. The quantitative estimate of drug-likeness (QED) is 0.468. The van der Waals surface area contributed by atoms with Gasteiger partial charge in [-0.1, -0.05) is 0 Å². The van der Waals surface area contributed by atoms with E-state index in [1.807, 2.05) is 6.26 Å². The predicted molar refractivity (Wildman–Crippen MR) is 88.0 cm³/mol. The Morgan fingerprint density at radius 2 is 1.67 bits per heavy atom. The molecule has 0 spiro atoms. The first kappa shape index (κ1) is 22.0. The first-order chi connectivity index (χ1) is 11.0. The smallest absolute Gasteiger partial charge is 0.408 e. The average Bonchev–Trinajstić information content (AvgIpc) is 2.39. The van der Waals surface area contributed by atoms with Crippen LogP contribution in [0, 0.1) is 0 Å². The monoisotopic (exact) mass is 364 g/mol. The molecular formula is C14H24N2O7S. The molecule has 0 aliphatic heterocycles. The van der Waals surface area contributed by atoms with Crippen molar-refractivity contribution >= 4 is 35.7 Å². The summed E-state index contributed by atoms with van der Waals surface area (Å²) >= 11 is 1.44. The van der Waals surface area contributed by atoms with Crippen LogP contribution < -0.4 is 10.6 Å². The fourth-order valence-corrected chi connectivity index (χ4v) is 2.07. The highest BCUT2D eigenvalue weighted by molar-refractivity contribution is 7.98. The number of carboxylic acids is 2. The van der Waals surface area contributed by atoms with Crippen LogP contribution in [0.3, 0.4) is 0 Å². The van der Waals surface area contributed by atoms with Gasteiger partial charge in [-0.05, 0) is 39.2 Å². The Bertz CT molecular complexity index is 476. The molecule has 0 saturated carbocycles. The number of carboxylic acid groups (broad SMARTS) is 2. The minimum atomic E-state index is -1.58. The molecule has 138 valence electrons. The van der Waals surface area contributed by atoms with Crippen LogP contribution in [0.1, 0.15) is 33.6 Å². The molecule has 0 saturated heterocycles. The van der Waals surface area contributed by atoms with Crippen molar-refractivity contribution in [3.8, 4) is 0 Å². The Morgan fingerprint density at radius 3 is 2.08 bits per heavy atom. The van der Waals surface area contributed by atoms with E-state index in [2.05, 4.69) is 10.6 Å². The summed E-state index contributed by atoms with van der Waals surface area (Å²) in [5.41, 5.74) is -0.752. The van der Waals surface area contributed by atoms with E-state index in [0.717, 1.165) is 0 Å². The van der Waals surface area contributed by atoms with Crippen LogP contribution in [0.2, 0.25) is 0 Å². The van der Waals surface area contributed by atoms with Crippen LogP contribution in [-0.4, -0.2) is 63.8 Å². The molecule has 9 nitrogen and oxygen atoms in total. The normalized spacial score (nSPS) is 13.5. The number of amides is 2. The molecular weight excluding hydrogens is 340 g/mol. The molecule has 0 unspecified atom stereocenters. The van der Waals surface area contributed by atoms with Crippen LogP contribution in [-0.2, 0) is 19.1 Å². The summed E-state index contributed by atoms with van der Waals surface area (Å²) < 4.78 is 5.07. The lowest BCUT2D eigenvalue weighted by molar-refractivity contribution is -0.147. The van der Waals surface area contributed by atoms with Crippen molar-refractivity contribution in [2.45, 2.75) is 51.3 Å². The fraction of sp³-hybridized carbons (Fsp3) is 0.714. The van der Waals surface area contributed by atoms with Gasteiger partial charge in [0, 0.05) is 0 Å². The lowest BCUT2D eigenvalue weighted by Crippen LogP contribution is -2.53. The molecule has 2 amide bonds. The van der Waals surface area contributed by atoms with Gasteiger partial charge in [0.1, 0.15) is 17.7 Å². The van der Waals surface area contributed by atoms with E-state index < -0.39 is 48.0 Å². The van der Waals surface area contributed by atoms with Gasteiger partial charge in [-0.3, -0.25) is 9.59 Å². The molecule has 0 aromatic carbocycles. The number of carbonyl (C=O) groups is 4. The molecule has 0 aliphatic rings. The van der Waals surface area contributed by atoms with Gasteiger partial charge in [0.25, 0.3) is 0 Å². The van der Waals surface area contributed by atoms with Crippen LogP contribution in [0.15, 0.2) is 0 Å². The minimum absolute atomic E-state index is 0.242. The van der Waals surface area contributed by atoms with E-state index >= 15 is 0 Å². The zero-order valence-electron chi connectivity index (χ0n) is 14.1. The Hall–Kier alpha value is -1.97. The molecule has 4 N–H and O–H groups in total. The van der Waals surface area contributed by atoms with E-state index in [0.29, 0.717) is 5.75 Å². The van der Waals surface area contributed by atoms with E-state index in [-0.39, 0.29) is 6.42 Å². The number of nitrogens with one attached hydrogen (secondary N) is 2. The van der Waals surface area contributed by atoms with Gasteiger partial charge in [0.05, 0.1) is 6.42 Å². The molecule has 0 aliphatic carbocycles. The maximum Gasteiger partial charge on any atom is 0.408 e. The SMILES string of the molecule is CSCC[C@H](NC(=O)OC(C)(C)C)C(=O)N[C@@H](CC(=O)O)C(=O)O. The molecule has 0 aromatic rings. The molecule has 24 heavy (non-hydrogen) atoms. The summed E-state index contributed by atoms with van der Waals surface area (Å²) in [6, 6.07) is -2.60. The second-order valence-corrected chi connectivity index (χ2v) is 6.96. The second kappa shape index (κ2) is 10.0. The Kier molecular flexibility index (Phi) is 9.19. The molecule has 0 rings (SSSR count). The Labute approximate surface area is 144 Å². The maximum atomic E-state index is 12.2. The van der Waals surface area contributed by atoms with Gasteiger partial charge in [0.15, 0.2) is 0 Å². The molecule has 0 heterocycles. The lowest BCUT2D eigenvalue weighted by atomic mass is 10.1. The first-order valence-electron chi connectivity index (χ1n) is 7.19. The largest absolute Gasteiger partial charge is 0.481 e. The van der Waals surface area contributed by atoms with Gasteiger partial charge < -0.3 is 25.6 Å². The van der Waals surface area contributed by atoms with Gasteiger partial charge >= 0.3 is 18.0 Å². The number of hydrogen-bond acceptors (Lipinski definition) is 6. The number of hydrogen-bond donors (Lipinski definition) is 4. The van der Waals surface area contributed by atoms with Crippen LogP contribution >= 0.6 is 11.8 Å². The first-order valence-corrected chi connectivity index (χ1v) is 8.59. The molecule has 2 atom stereocenters. The lowest BCUT2D eigenvalue weighted by Gasteiger charge is -2.24. The van der Waals surface area contributed by atoms with Crippen molar-refractivity contribution < 1.29 is 34.1 Å². The number of rotatable bonds is 9. The standard InChI is InChI=1S/C14H24N2O7S/c1-14(2,3)23-13(22)16-8(5-6-24-4)11(19)15-9(12(20)21)7-10(17)18/h8-9H,5-7H2,1-4H3,(H,15,19)(H,16,22)(H,17,18)(H,20,21)/t8-,9-/m0/s1. The van der Waals surface area contributed by atoms with Gasteiger partial charge in [-0.15, -0.1) is 0 Å².